The molecule has 0 saturated carbocycles. The quantitative estimate of drug-likeness (QED) is 0.293. The molecule has 0 aliphatic carbocycles. The van der Waals surface area contributed by atoms with Gasteiger partial charge in [0, 0.05) is 0 Å². The minimum absolute atomic E-state index is 0.543. The van der Waals surface area contributed by atoms with E-state index >= 15 is 0 Å². The van der Waals surface area contributed by atoms with E-state index in [2.05, 4.69) is 14.9 Å². The first-order valence-corrected chi connectivity index (χ1v) is 2.88. The Kier molecular flexibility index (Phi) is 6.71. The number of rotatable bonds is 6. The zero-order valence-electron chi connectivity index (χ0n) is 5.61. The van der Waals surface area contributed by atoms with Crippen molar-refractivity contribution in [2.45, 2.75) is 26.0 Å². The van der Waals surface area contributed by atoms with Crippen LogP contribution >= 0.6 is 0 Å². The Morgan fingerprint density at radius 2 is 2.20 bits per heavy atom. The fraction of sp³-hybridized carbons (Fsp3) is 1.00. The van der Waals surface area contributed by atoms with E-state index in [1.165, 1.54) is 0 Å². The summed E-state index contributed by atoms with van der Waals surface area (Å²) in [5, 5.41) is 19.0. The molecule has 0 aromatic rings. The minimum atomic E-state index is -0.667. The number of nitrogens with one attached hydrogen (secondary N) is 1. The van der Waals surface area contributed by atoms with Crippen LogP contribution in [0.25, 0.3) is 0 Å². The molecule has 6 nitrogen and oxygen atoms in total. The maximum atomic E-state index is 7.86. The highest BCUT2D eigenvalue weighted by Crippen LogP contribution is 1.97. The van der Waals surface area contributed by atoms with Crippen molar-refractivity contribution >= 4 is 0 Å². The lowest BCUT2D eigenvalue weighted by Crippen LogP contribution is -2.30. The first-order chi connectivity index (χ1) is 4.85. The van der Waals surface area contributed by atoms with Crippen LogP contribution in [0.2, 0.25) is 0 Å². The number of hydroxylamine groups is 1. The average Bonchev–Trinajstić information content (AvgIpc) is 1.90. The summed E-state index contributed by atoms with van der Waals surface area (Å²) in [6.45, 7) is 1.90. The summed E-state index contributed by atoms with van der Waals surface area (Å²) < 4.78 is 0. The van der Waals surface area contributed by atoms with Crippen molar-refractivity contribution in [3.63, 3.8) is 0 Å². The molecule has 0 spiro atoms. The van der Waals surface area contributed by atoms with Gasteiger partial charge in [0.1, 0.15) is 0 Å². The average molecular weight is 153 g/mol. The zero-order chi connectivity index (χ0) is 7.82. The highest BCUT2D eigenvalue weighted by molar-refractivity contribution is 4.42. The van der Waals surface area contributed by atoms with Gasteiger partial charge in [0.05, 0.1) is 0 Å². The SMILES string of the molecule is CCCC(NOO)OOO. The van der Waals surface area contributed by atoms with Gasteiger partial charge in [0.25, 0.3) is 0 Å². The van der Waals surface area contributed by atoms with Crippen molar-refractivity contribution in [3.05, 3.63) is 0 Å². The molecule has 10 heavy (non-hydrogen) atoms. The predicted octanol–water partition coefficient (Wildman–Crippen LogP) is 0.528. The van der Waals surface area contributed by atoms with Crippen molar-refractivity contribution in [1.29, 1.82) is 0 Å². The van der Waals surface area contributed by atoms with Gasteiger partial charge in [-0.3, -0.25) is 0 Å². The van der Waals surface area contributed by atoms with Gasteiger partial charge in [-0.15, -0.1) is 10.5 Å². The fourth-order valence-corrected chi connectivity index (χ4v) is 0.500. The lowest BCUT2D eigenvalue weighted by molar-refractivity contribution is -0.521. The Morgan fingerprint density at radius 3 is 2.60 bits per heavy atom. The van der Waals surface area contributed by atoms with Gasteiger partial charge in [-0.2, -0.15) is 4.89 Å². The summed E-state index contributed by atoms with van der Waals surface area (Å²) in [5.74, 6) is 0. The molecule has 0 aromatic carbocycles. The van der Waals surface area contributed by atoms with Crippen molar-refractivity contribution in [1.82, 2.24) is 5.48 Å². The van der Waals surface area contributed by atoms with Gasteiger partial charge in [-0.1, -0.05) is 18.4 Å². The second-order valence-corrected chi connectivity index (χ2v) is 1.66. The molecule has 0 aromatic heterocycles. The van der Waals surface area contributed by atoms with E-state index in [4.69, 9.17) is 10.5 Å². The zero-order valence-corrected chi connectivity index (χ0v) is 5.61. The molecule has 0 heterocycles. The highest BCUT2D eigenvalue weighted by Gasteiger charge is 2.07. The van der Waals surface area contributed by atoms with Gasteiger partial charge in [-0.05, 0) is 6.42 Å². The molecule has 0 amide bonds. The molecule has 0 fully saturated rings. The second-order valence-electron chi connectivity index (χ2n) is 1.66. The third-order valence-corrected chi connectivity index (χ3v) is 0.894. The molecular formula is C4H11NO5. The van der Waals surface area contributed by atoms with E-state index in [9.17, 15) is 0 Å². The van der Waals surface area contributed by atoms with Gasteiger partial charge in [-0.25, -0.2) is 10.5 Å². The standard InChI is InChI=1S/C4H11NO5/c1-2-3-4(5-9-6)8-10-7/h4-7H,2-3H2,1H3. The summed E-state index contributed by atoms with van der Waals surface area (Å²) in [7, 11) is 0. The molecule has 1 atom stereocenters. The number of hydrogen-bond donors (Lipinski definition) is 3. The Balaban J connectivity index is 3.30. The lowest BCUT2D eigenvalue weighted by Gasteiger charge is -2.10. The van der Waals surface area contributed by atoms with Crippen LogP contribution in [0.15, 0.2) is 0 Å². The van der Waals surface area contributed by atoms with E-state index in [1.54, 1.807) is 0 Å². The Bertz CT molecular complexity index is 56.4. The van der Waals surface area contributed by atoms with Gasteiger partial charge in [0.15, 0.2) is 6.23 Å². The van der Waals surface area contributed by atoms with E-state index in [0.717, 1.165) is 6.42 Å². The molecule has 3 N–H and O–H groups in total. The summed E-state index contributed by atoms with van der Waals surface area (Å²) in [6, 6.07) is 0. The van der Waals surface area contributed by atoms with Gasteiger partial charge >= 0.3 is 0 Å². The van der Waals surface area contributed by atoms with E-state index in [1.807, 2.05) is 12.4 Å². The molecule has 0 bridgehead atoms. The summed E-state index contributed by atoms with van der Waals surface area (Å²) in [6.07, 6.45) is 0.672. The van der Waals surface area contributed by atoms with E-state index in [0.29, 0.717) is 6.42 Å². The van der Waals surface area contributed by atoms with Gasteiger partial charge in [0.2, 0.25) is 0 Å². The van der Waals surface area contributed by atoms with Crippen LogP contribution in [0, 0.1) is 0 Å². The van der Waals surface area contributed by atoms with E-state index < -0.39 is 6.23 Å². The van der Waals surface area contributed by atoms with Crippen LogP contribution in [-0.2, 0) is 14.9 Å². The molecular weight excluding hydrogens is 142 g/mol. The minimum Gasteiger partial charge on any atom is -0.233 e. The third-order valence-electron chi connectivity index (χ3n) is 0.894. The summed E-state index contributed by atoms with van der Waals surface area (Å²) >= 11 is 0. The molecule has 0 radical (unpaired) electrons. The third kappa shape index (κ3) is 4.62. The number of hydrogen-bond acceptors (Lipinski definition) is 6. The van der Waals surface area contributed by atoms with Crippen molar-refractivity contribution in [2.75, 3.05) is 0 Å². The first kappa shape index (κ1) is 9.76. The first-order valence-electron chi connectivity index (χ1n) is 2.88. The van der Waals surface area contributed by atoms with E-state index in [-0.39, 0.29) is 0 Å². The van der Waals surface area contributed by atoms with Crippen LogP contribution in [0.5, 0.6) is 0 Å². The topological polar surface area (TPSA) is 80.2 Å². The van der Waals surface area contributed by atoms with Crippen LogP contribution in [0.1, 0.15) is 19.8 Å². The summed E-state index contributed by atoms with van der Waals surface area (Å²) in [5.41, 5.74) is 2.03. The molecule has 1 unspecified atom stereocenters. The van der Waals surface area contributed by atoms with Crippen LogP contribution < -0.4 is 5.48 Å². The molecule has 0 aliphatic heterocycles. The lowest BCUT2D eigenvalue weighted by atomic mass is 10.3. The largest absolute Gasteiger partial charge is 0.233 e. The molecule has 6 heteroatoms. The fourth-order valence-electron chi connectivity index (χ4n) is 0.500. The Morgan fingerprint density at radius 1 is 1.50 bits per heavy atom. The Hall–Kier alpha value is -0.240. The smallest absolute Gasteiger partial charge is 0.171 e. The maximum Gasteiger partial charge on any atom is 0.171 e. The predicted molar refractivity (Wildman–Crippen MR) is 30.3 cm³/mol. The maximum absolute atomic E-state index is 7.86. The Labute approximate surface area is 58.1 Å². The molecule has 0 rings (SSSR count). The normalized spacial score (nSPS) is 13.5. The van der Waals surface area contributed by atoms with Crippen LogP contribution in [-0.4, -0.2) is 16.7 Å². The van der Waals surface area contributed by atoms with Crippen LogP contribution in [0.3, 0.4) is 0 Å². The van der Waals surface area contributed by atoms with Crippen molar-refractivity contribution in [2.24, 2.45) is 0 Å². The van der Waals surface area contributed by atoms with Crippen LogP contribution in [0.4, 0.5) is 0 Å². The molecule has 0 aliphatic rings. The second kappa shape index (κ2) is 6.87. The summed E-state index contributed by atoms with van der Waals surface area (Å²) in [4.78, 5) is 7.73. The van der Waals surface area contributed by atoms with Gasteiger partial charge < -0.3 is 0 Å². The molecule has 0 saturated heterocycles. The van der Waals surface area contributed by atoms with Crippen molar-refractivity contribution in [3.8, 4) is 0 Å². The highest BCUT2D eigenvalue weighted by atomic mass is 17.5. The molecule has 62 valence electrons. The van der Waals surface area contributed by atoms with Crippen molar-refractivity contribution < 1.29 is 25.4 Å². The monoisotopic (exact) mass is 153 g/mol.